The summed E-state index contributed by atoms with van der Waals surface area (Å²) in [7, 11) is -2.05. The second-order valence-corrected chi connectivity index (χ2v) is 10.5. The zero-order valence-corrected chi connectivity index (χ0v) is 19.7. The summed E-state index contributed by atoms with van der Waals surface area (Å²) >= 11 is 6.14. The fraction of sp³-hybridized carbons (Fsp3) is 0.435. The van der Waals surface area contributed by atoms with E-state index < -0.39 is 16.1 Å². The van der Waals surface area contributed by atoms with E-state index in [-0.39, 0.29) is 10.8 Å². The highest BCUT2D eigenvalue weighted by Crippen LogP contribution is 2.28. The third kappa shape index (κ3) is 4.78. The van der Waals surface area contributed by atoms with Crippen LogP contribution in [0.2, 0.25) is 5.02 Å². The van der Waals surface area contributed by atoms with Gasteiger partial charge >= 0.3 is 0 Å². The summed E-state index contributed by atoms with van der Waals surface area (Å²) in [5.74, 6) is 0.697. The summed E-state index contributed by atoms with van der Waals surface area (Å²) in [6, 6.07) is 13.3. The van der Waals surface area contributed by atoms with Gasteiger partial charge in [0.2, 0.25) is 15.9 Å². The lowest BCUT2D eigenvalue weighted by Gasteiger charge is -2.37. The minimum atomic E-state index is -3.69. The Morgan fingerprint density at radius 3 is 2.47 bits per heavy atom. The predicted molar refractivity (Wildman–Crippen MR) is 123 cm³/mol. The third-order valence-electron chi connectivity index (χ3n) is 6.16. The Morgan fingerprint density at radius 1 is 1.06 bits per heavy atom. The standard InChI is InChI=1S/C23H28ClN3O4S/c1-31-22-10-9-19(24)16-18(22)17-25-12-14-26(15-13-25)23(28)21-8-5-11-27(21)32(29,30)20-6-3-2-4-7-20/h2-4,6-7,9-10,16,21H,5,8,11-15,17H2,1H3. The van der Waals surface area contributed by atoms with Gasteiger partial charge in [0.25, 0.3) is 0 Å². The van der Waals surface area contributed by atoms with E-state index in [4.69, 9.17) is 16.3 Å². The second kappa shape index (κ2) is 9.79. The molecule has 1 unspecified atom stereocenters. The molecule has 2 aromatic carbocycles. The van der Waals surface area contributed by atoms with E-state index in [0.29, 0.717) is 57.1 Å². The molecule has 0 N–H and O–H groups in total. The molecule has 1 atom stereocenters. The minimum Gasteiger partial charge on any atom is -0.496 e. The Kier molecular flexibility index (Phi) is 7.05. The average molecular weight is 478 g/mol. The molecule has 0 aliphatic carbocycles. The zero-order chi connectivity index (χ0) is 22.7. The van der Waals surface area contributed by atoms with Crippen LogP contribution in [-0.4, -0.2) is 74.3 Å². The molecule has 7 nitrogen and oxygen atoms in total. The second-order valence-electron chi connectivity index (χ2n) is 8.14. The molecule has 0 saturated carbocycles. The monoisotopic (exact) mass is 477 g/mol. The van der Waals surface area contributed by atoms with E-state index in [1.54, 1.807) is 48.4 Å². The van der Waals surface area contributed by atoms with Crippen molar-refractivity contribution in [2.24, 2.45) is 0 Å². The molecule has 4 rings (SSSR count). The molecule has 2 aliphatic heterocycles. The van der Waals surface area contributed by atoms with Gasteiger partial charge in [-0.2, -0.15) is 4.31 Å². The maximum absolute atomic E-state index is 13.3. The number of carbonyl (C=O) groups is 1. The van der Waals surface area contributed by atoms with Crippen LogP contribution in [0.4, 0.5) is 0 Å². The van der Waals surface area contributed by atoms with Gasteiger partial charge in [-0.25, -0.2) is 8.42 Å². The molecular formula is C23H28ClN3O4S. The number of rotatable bonds is 6. The Balaban J connectivity index is 1.39. The van der Waals surface area contributed by atoms with Crippen LogP contribution in [0.15, 0.2) is 53.4 Å². The first-order chi connectivity index (χ1) is 15.4. The first-order valence-electron chi connectivity index (χ1n) is 10.8. The number of benzene rings is 2. The summed E-state index contributed by atoms with van der Waals surface area (Å²) in [6.07, 6.45) is 1.25. The van der Waals surface area contributed by atoms with E-state index in [2.05, 4.69) is 4.90 Å². The normalized spacial score (nSPS) is 20.4. The third-order valence-corrected chi connectivity index (χ3v) is 8.32. The van der Waals surface area contributed by atoms with Crippen LogP contribution in [0.25, 0.3) is 0 Å². The summed E-state index contributed by atoms with van der Waals surface area (Å²) in [5.41, 5.74) is 1.01. The van der Waals surface area contributed by atoms with Crippen LogP contribution in [-0.2, 0) is 21.4 Å². The number of nitrogens with zero attached hydrogens (tertiary/aromatic N) is 3. The van der Waals surface area contributed by atoms with Crippen molar-refractivity contribution in [3.05, 3.63) is 59.1 Å². The van der Waals surface area contributed by atoms with Crippen molar-refractivity contribution in [1.29, 1.82) is 0 Å². The number of carbonyl (C=O) groups excluding carboxylic acids is 1. The van der Waals surface area contributed by atoms with Crippen LogP contribution in [0.3, 0.4) is 0 Å². The highest BCUT2D eigenvalue weighted by Gasteiger charge is 2.41. The van der Waals surface area contributed by atoms with Crippen molar-refractivity contribution in [3.63, 3.8) is 0 Å². The molecule has 0 aromatic heterocycles. The van der Waals surface area contributed by atoms with E-state index >= 15 is 0 Å². The lowest BCUT2D eigenvalue weighted by molar-refractivity contribution is -0.136. The lowest BCUT2D eigenvalue weighted by atomic mass is 10.1. The van der Waals surface area contributed by atoms with Crippen LogP contribution in [0, 0.1) is 0 Å². The molecule has 172 valence electrons. The highest BCUT2D eigenvalue weighted by molar-refractivity contribution is 7.89. The van der Waals surface area contributed by atoms with Gasteiger partial charge in [-0.05, 0) is 43.2 Å². The van der Waals surface area contributed by atoms with Crippen molar-refractivity contribution < 1.29 is 17.9 Å². The van der Waals surface area contributed by atoms with Gasteiger partial charge in [-0.1, -0.05) is 29.8 Å². The van der Waals surface area contributed by atoms with Crippen molar-refractivity contribution in [1.82, 2.24) is 14.1 Å². The SMILES string of the molecule is COc1ccc(Cl)cc1CN1CCN(C(=O)C2CCCN2S(=O)(=O)c2ccccc2)CC1. The van der Waals surface area contributed by atoms with Crippen LogP contribution in [0.5, 0.6) is 5.75 Å². The number of halogens is 1. The zero-order valence-electron chi connectivity index (χ0n) is 18.1. The fourth-order valence-electron chi connectivity index (χ4n) is 4.45. The van der Waals surface area contributed by atoms with Gasteiger partial charge in [0, 0.05) is 49.9 Å². The van der Waals surface area contributed by atoms with Gasteiger partial charge in [0.15, 0.2) is 0 Å². The summed E-state index contributed by atoms with van der Waals surface area (Å²) in [5, 5.41) is 0.663. The fourth-order valence-corrected chi connectivity index (χ4v) is 6.32. The number of ether oxygens (including phenoxy) is 1. The number of methoxy groups -OCH3 is 1. The van der Waals surface area contributed by atoms with Crippen LogP contribution >= 0.6 is 11.6 Å². The van der Waals surface area contributed by atoms with Gasteiger partial charge in [-0.3, -0.25) is 9.69 Å². The average Bonchev–Trinajstić information content (AvgIpc) is 3.31. The first-order valence-corrected chi connectivity index (χ1v) is 12.6. The molecule has 1 amide bonds. The topological polar surface area (TPSA) is 70.2 Å². The Bertz CT molecular complexity index is 1060. The Labute approximate surface area is 194 Å². The Morgan fingerprint density at radius 2 is 1.78 bits per heavy atom. The summed E-state index contributed by atoms with van der Waals surface area (Å²) < 4.78 is 33.0. The van der Waals surface area contributed by atoms with Gasteiger partial charge < -0.3 is 9.64 Å². The van der Waals surface area contributed by atoms with Crippen molar-refractivity contribution >= 4 is 27.5 Å². The summed E-state index contributed by atoms with van der Waals surface area (Å²) in [6.45, 7) is 3.61. The van der Waals surface area contributed by atoms with E-state index in [1.165, 1.54) is 4.31 Å². The minimum absolute atomic E-state index is 0.0954. The predicted octanol–water partition coefficient (Wildman–Crippen LogP) is 2.85. The van der Waals surface area contributed by atoms with E-state index in [1.807, 2.05) is 12.1 Å². The van der Waals surface area contributed by atoms with Crippen molar-refractivity contribution in [2.75, 3.05) is 39.8 Å². The summed E-state index contributed by atoms with van der Waals surface area (Å²) in [4.78, 5) is 17.6. The molecule has 2 saturated heterocycles. The van der Waals surface area contributed by atoms with Gasteiger partial charge in [-0.15, -0.1) is 0 Å². The van der Waals surface area contributed by atoms with Crippen LogP contribution < -0.4 is 4.74 Å². The molecule has 2 aromatic rings. The molecule has 2 aliphatic rings. The molecule has 32 heavy (non-hydrogen) atoms. The first kappa shape index (κ1) is 23.0. The quantitative estimate of drug-likeness (QED) is 0.639. The highest BCUT2D eigenvalue weighted by atomic mass is 35.5. The van der Waals surface area contributed by atoms with E-state index in [0.717, 1.165) is 11.3 Å². The molecule has 0 radical (unpaired) electrons. The number of sulfonamides is 1. The maximum atomic E-state index is 13.3. The van der Waals surface area contributed by atoms with Crippen molar-refractivity contribution in [3.8, 4) is 5.75 Å². The molecule has 9 heteroatoms. The number of hydrogen-bond donors (Lipinski definition) is 0. The van der Waals surface area contributed by atoms with Crippen molar-refractivity contribution in [2.45, 2.75) is 30.3 Å². The van der Waals surface area contributed by atoms with E-state index in [9.17, 15) is 13.2 Å². The largest absolute Gasteiger partial charge is 0.496 e. The van der Waals surface area contributed by atoms with Gasteiger partial charge in [0.05, 0.1) is 12.0 Å². The Hall–Kier alpha value is -2.13. The molecular weight excluding hydrogens is 450 g/mol. The lowest BCUT2D eigenvalue weighted by Crippen LogP contribution is -2.54. The molecule has 0 bridgehead atoms. The number of piperazine rings is 1. The number of hydrogen-bond acceptors (Lipinski definition) is 5. The smallest absolute Gasteiger partial charge is 0.243 e. The van der Waals surface area contributed by atoms with Crippen LogP contribution in [0.1, 0.15) is 18.4 Å². The molecule has 0 spiro atoms. The maximum Gasteiger partial charge on any atom is 0.243 e. The van der Waals surface area contributed by atoms with Gasteiger partial charge in [0.1, 0.15) is 11.8 Å². The molecule has 2 heterocycles. The number of amides is 1. The molecule has 2 fully saturated rings.